The second-order valence-corrected chi connectivity index (χ2v) is 4.97. The van der Waals surface area contributed by atoms with E-state index < -0.39 is 6.10 Å². The SMILES string of the molecule is OCC(O)CNc1c(Cl)cc(Cl)cc1I. The fourth-order valence-corrected chi connectivity index (χ4v) is 2.72. The topological polar surface area (TPSA) is 52.5 Å². The van der Waals surface area contributed by atoms with Gasteiger partial charge in [-0.15, -0.1) is 0 Å². The zero-order valence-electron chi connectivity index (χ0n) is 7.67. The molecule has 15 heavy (non-hydrogen) atoms. The molecule has 3 N–H and O–H groups in total. The van der Waals surface area contributed by atoms with E-state index in [0.717, 1.165) is 3.57 Å². The number of anilines is 1. The van der Waals surface area contributed by atoms with E-state index in [0.29, 0.717) is 15.7 Å². The first-order valence-corrected chi connectivity index (χ1v) is 6.05. The Morgan fingerprint density at radius 1 is 1.40 bits per heavy atom. The minimum absolute atomic E-state index is 0.244. The highest BCUT2D eigenvalue weighted by molar-refractivity contribution is 14.1. The van der Waals surface area contributed by atoms with Crippen LogP contribution in [0.15, 0.2) is 12.1 Å². The molecule has 0 bridgehead atoms. The molecule has 0 aromatic heterocycles. The number of hydrogen-bond donors (Lipinski definition) is 3. The van der Waals surface area contributed by atoms with Crippen molar-refractivity contribution in [1.82, 2.24) is 0 Å². The average Bonchev–Trinajstić information content (AvgIpc) is 2.15. The summed E-state index contributed by atoms with van der Waals surface area (Å²) >= 11 is 13.9. The van der Waals surface area contributed by atoms with E-state index in [4.69, 9.17) is 28.3 Å². The first-order valence-electron chi connectivity index (χ1n) is 4.22. The minimum Gasteiger partial charge on any atom is -0.394 e. The Hall–Kier alpha value is 0.250. The first-order chi connectivity index (χ1) is 7.04. The van der Waals surface area contributed by atoms with Gasteiger partial charge in [0.15, 0.2) is 0 Å². The maximum absolute atomic E-state index is 9.17. The summed E-state index contributed by atoms with van der Waals surface area (Å²) in [7, 11) is 0. The molecule has 1 aromatic carbocycles. The largest absolute Gasteiger partial charge is 0.394 e. The van der Waals surface area contributed by atoms with Gasteiger partial charge in [0.25, 0.3) is 0 Å². The Morgan fingerprint density at radius 2 is 2.07 bits per heavy atom. The highest BCUT2D eigenvalue weighted by Gasteiger charge is 2.08. The molecule has 84 valence electrons. The number of rotatable bonds is 4. The Labute approximate surface area is 112 Å². The molecule has 6 heteroatoms. The van der Waals surface area contributed by atoms with Crippen molar-refractivity contribution in [3.63, 3.8) is 0 Å². The highest BCUT2D eigenvalue weighted by Crippen LogP contribution is 2.31. The highest BCUT2D eigenvalue weighted by atomic mass is 127. The third-order valence-electron chi connectivity index (χ3n) is 1.73. The summed E-state index contributed by atoms with van der Waals surface area (Å²) in [5.74, 6) is 0. The molecule has 0 amide bonds. The number of hydrogen-bond acceptors (Lipinski definition) is 3. The summed E-state index contributed by atoms with van der Waals surface area (Å²) in [4.78, 5) is 0. The van der Waals surface area contributed by atoms with Gasteiger partial charge in [-0.25, -0.2) is 0 Å². The summed E-state index contributed by atoms with van der Waals surface area (Å²) in [5.41, 5.74) is 0.717. The monoisotopic (exact) mass is 361 g/mol. The lowest BCUT2D eigenvalue weighted by Gasteiger charge is -2.13. The van der Waals surface area contributed by atoms with Crippen LogP contribution in [0.2, 0.25) is 10.0 Å². The average molecular weight is 362 g/mol. The number of benzene rings is 1. The molecule has 0 saturated carbocycles. The van der Waals surface area contributed by atoms with E-state index in [1.165, 1.54) is 0 Å². The third kappa shape index (κ3) is 3.96. The molecule has 3 nitrogen and oxygen atoms in total. The lowest BCUT2D eigenvalue weighted by atomic mass is 10.3. The van der Waals surface area contributed by atoms with Crippen molar-refractivity contribution in [3.05, 3.63) is 25.7 Å². The van der Waals surface area contributed by atoms with Crippen molar-refractivity contribution >= 4 is 51.5 Å². The van der Waals surface area contributed by atoms with E-state index in [1.807, 2.05) is 0 Å². The summed E-state index contributed by atoms with van der Waals surface area (Å²) < 4.78 is 0.871. The molecule has 1 unspecified atom stereocenters. The Balaban J connectivity index is 2.77. The Bertz CT molecular complexity index is 326. The molecule has 0 aliphatic heterocycles. The molecule has 0 aliphatic carbocycles. The van der Waals surface area contributed by atoms with Crippen LogP contribution >= 0.6 is 45.8 Å². The third-order valence-corrected chi connectivity index (χ3v) is 3.10. The van der Waals surface area contributed by atoms with Gasteiger partial charge in [0.1, 0.15) is 0 Å². The maximum Gasteiger partial charge on any atom is 0.0942 e. The second kappa shape index (κ2) is 6.10. The van der Waals surface area contributed by atoms with Crippen LogP contribution in [0.1, 0.15) is 0 Å². The van der Waals surface area contributed by atoms with Gasteiger partial charge in [-0.1, -0.05) is 23.2 Å². The van der Waals surface area contributed by atoms with E-state index >= 15 is 0 Å². The predicted molar refractivity (Wildman–Crippen MR) is 70.8 cm³/mol. The van der Waals surface area contributed by atoms with E-state index in [2.05, 4.69) is 27.9 Å². The normalized spacial score (nSPS) is 12.6. The Morgan fingerprint density at radius 3 is 2.60 bits per heavy atom. The zero-order valence-corrected chi connectivity index (χ0v) is 11.3. The van der Waals surface area contributed by atoms with E-state index in [-0.39, 0.29) is 13.2 Å². The van der Waals surface area contributed by atoms with Crippen LogP contribution in [0.5, 0.6) is 0 Å². The molecular formula is C9H10Cl2INO2. The lowest BCUT2D eigenvalue weighted by Crippen LogP contribution is -2.23. The van der Waals surface area contributed by atoms with Crippen molar-refractivity contribution in [3.8, 4) is 0 Å². The Kier molecular flexibility index (Phi) is 5.42. The molecule has 0 aliphatic rings. The van der Waals surface area contributed by atoms with Crippen molar-refractivity contribution < 1.29 is 10.2 Å². The molecule has 0 fully saturated rings. The summed E-state index contributed by atoms with van der Waals surface area (Å²) in [6.07, 6.45) is -0.799. The quantitative estimate of drug-likeness (QED) is 0.721. The molecule has 0 spiro atoms. The van der Waals surface area contributed by atoms with E-state index in [1.54, 1.807) is 12.1 Å². The van der Waals surface area contributed by atoms with Crippen LogP contribution in [0.25, 0.3) is 0 Å². The van der Waals surface area contributed by atoms with Gasteiger partial charge in [-0.3, -0.25) is 0 Å². The van der Waals surface area contributed by atoms with Crippen LogP contribution in [-0.4, -0.2) is 29.5 Å². The molecular weight excluding hydrogens is 352 g/mol. The predicted octanol–water partition coefficient (Wildman–Crippen LogP) is 2.36. The van der Waals surface area contributed by atoms with Crippen LogP contribution in [-0.2, 0) is 0 Å². The number of nitrogens with one attached hydrogen (secondary N) is 1. The molecule has 0 heterocycles. The second-order valence-electron chi connectivity index (χ2n) is 2.96. The fourth-order valence-electron chi connectivity index (χ4n) is 0.996. The lowest BCUT2D eigenvalue weighted by molar-refractivity contribution is 0.105. The maximum atomic E-state index is 9.17. The van der Waals surface area contributed by atoms with Gasteiger partial charge < -0.3 is 15.5 Å². The standard InChI is InChI=1S/C9H10Cl2INO2/c10-5-1-7(11)9(8(12)2-5)13-3-6(15)4-14/h1-2,6,13-15H,3-4H2. The van der Waals surface area contributed by atoms with E-state index in [9.17, 15) is 5.11 Å². The van der Waals surface area contributed by atoms with Crippen LogP contribution in [0.4, 0.5) is 5.69 Å². The van der Waals surface area contributed by atoms with Gasteiger partial charge in [0, 0.05) is 15.1 Å². The van der Waals surface area contributed by atoms with Crippen LogP contribution < -0.4 is 5.32 Å². The molecule has 1 aromatic rings. The number of halogens is 3. The fraction of sp³-hybridized carbons (Fsp3) is 0.333. The van der Waals surface area contributed by atoms with Crippen molar-refractivity contribution in [1.29, 1.82) is 0 Å². The minimum atomic E-state index is -0.799. The van der Waals surface area contributed by atoms with Crippen molar-refractivity contribution in [2.24, 2.45) is 0 Å². The van der Waals surface area contributed by atoms with Crippen LogP contribution in [0.3, 0.4) is 0 Å². The molecule has 1 atom stereocenters. The van der Waals surface area contributed by atoms with Gasteiger partial charge in [0.05, 0.1) is 23.4 Å². The first kappa shape index (κ1) is 13.3. The summed E-state index contributed by atoms with van der Waals surface area (Å²) in [6, 6.07) is 3.39. The number of aliphatic hydroxyl groups excluding tert-OH is 2. The zero-order chi connectivity index (χ0) is 11.4. The van der Waals surface area contributed by atoms with Gasteiger partial charge in [-0.05, 0) is 34.7 Å². The number of aliphatic hydroxyl groups is 2. The van der Waals surface area contributed by atoms with Crippen molar-refractivity contribution in [2.75, 3.05) is 18.5 Å². The molecule has 0 saturated heterocycles. The van der Waals surface area contributed by atoms with Crippen molar-refractivity contribution in [2.45, 2.75) is 6.10 Å². The van der Waals surface area contributed by atoms with Gasteiger partial charge >= 0.3 is 0 Å². The van der Waals surface area contributed by atoms with Gasteiger partial charge in [0.2, 0.25) is 0 Å². The molecule has 1 rings (SSSR count). The molecule has 0 radical (unpaired) electrons. The summed E-state index contributed by atoms with van der Waals surface area (Å²) in [6.45, 7) is -0.0390. The van der Waals surface area contributed by atoms with Crippen LogP contribution in [0, 0.1) is 3.57 Å². The smallest absolute Gasteiger partial charge is 0.0942 e. The summed E-state index contributed by atoms with van der Waals surface area (Å²) in [5, 5.41) is 21.8. The van der Waals surface area contributed by atoms with Gasteiger partial charge in [-0.2, -0.15) is 0 Å².